The summed E-state index contributed by atoms with van der Waals surface area (Å²) in [7, 11) is 0. The first-order chi connectivity index (χ1) is 12.8. The second-order valence-electron chi connectivity index (χ2n) is 6.26. The van der Waals surface area contributed by atoms with E-state index in [-0.39, 0.29) is 23.5 Å². The Morgan fingerprint density at radius 3 is 2.70 bits per heavy atom. The highest BCUT2D eigenvalue weighted by atomic mass is 19.4. The van der Waals surface area contributed by atoms with Gasteiger partial charge in [0.15, 0.2) is 17.4 Å². The average Bonchev–Trinajstić information content (AvgIpc) is 3.05. The third kappa shape index (κ3) is 4.35. The summed E-state index contributed by atoms with van der Waals surface area (Å²) < 4.78 is 52.6. The van der Waals surface area contributed by atoms with E-state index in [0.717, 1.165) is 25.0 Å². The Morgan fingerprint density at radius 1 is 1.22 bits per heavy atom. The minimum atomic E-state index is -4.53. The van der Waals surface area contributed by atoms with Crippen LogP contribution >= 0.6 is 0 Å². The number of halogens is 4. The van der Waals surface area contributed by atoms with Crippen LogP contribution in [-0.4, -0.2) is 34.0 Å². The van der Waals surface area contributed by atoms with Crippen LogP contribution in [-0.2, 0) is 13.0 Å². The van der Waals surface area contributed by atoms with Gasteiger partial charge in [0.25, 0.3) is 0 Å². The van der Waals surface area contributed by atoms with Crippen LogP contribution < -0.4 is 5.32 Å². The van der Waals surface area contributed by atoms with E-state index in [9.17, 15) is 22.7 Å². The molecule has 0 atom stereocenters. The summed E-state index contributed by atoms with van der Waals surface area (Å²) in [6.45, 7) is 2.94. The number of aromatic nitrogens is 2. The van der Waals surface area contributed by atoms with Crippen LogP contribution in [0.4, 0.5) is 23.4 Å². The lowest BCUT2D eigenvalue weighted by molar-refractivity contribution is -0.127. The molecule has 0 unspecified atom stereocenters. The van der Waals surface area contributed by atoms with Crippen molar-refractivity contribution in [3.63, 3.8) is 0 Å². The quantitative estimate of drug-likeness (QED) is 0.579. The summed E-state index contributed by atoms with van der Waals surface area (Å²) in [5, 5.41) is 12.6. The first-order valence-electron chi connectivity index (χ1n) is 8.51. The molecule has 2 N–H and O–H groups in total. The number of aromatic hydroxyl groups is 1. The average molecular weight is 382 g/mol. The molecule has 1 aliphatic rings. The SMILES string of the molecule is CCCCNc1nc(-c2cc(F)c(O)cc2CC(F)(F)F)nc2c1C=NC2. The zero-order valence-corrected chi connectivity index (χ0v) is 14.6. The maximum Gasteiger partial charge on any atom is 0.393 e. The number of fused-ring (bicyclic) bond motifs is 1. The van der Waals surface area contributed by atoms with Crippen molar-refractivity contribution in [2.45, 2.75) is 38.9 Å². The molecule has 2 aromatic rings. The van der Waals surface area contributed by atoms with Crippen molar-refractivity contribution in [1.29, 1.82) is 0 Å². The number of benzene rings is 1. The van der Waals surface area contributed by atoms with Crippen LogP contribution in [0, 0.1) is 5.82 Å². The Labute approximate surface area is 153 Å². The molecule has 0 aliphatic carbocycles. The molecule has 2 heterocycles. The molecule has 144 valence electrons. The van der Waals surface area contributed by atoms with Gasteiger partial charge in [-0.3, -0.25) is 4.99 Å². The van der Waals surface area contributed by atoms with E-state index in [1.54, 1.807) is 6.21 Å². The Balaban J connectivity index is 2.08. The van der Waals surface area contributed by atoms with Gasteiger partial charge < -0.3 is 10.4 Å². The van der Waals surface area contributed by atoms with Gasteiger partial charge in [0.1, 0.15) is 5.82 Å². The fourth-order valence-electron chi connectivity index (χ4n) is 2.81. The molecule has 0 fully saturated rings. The lowest BCUT2D eigenvalue weighted by Gasteiger charge is -2.15. The topological polar surface area (TPSA) is 70.4 Å². The van der Waals surface area contributed by atoms with Crippen molar-refractivity contribution in [2.75, 3.05) is 11.9 Å². The first kappa shape index (κ1) is 19.1. The van der Waals surface area contributed by atoms with Gasteiger partial charge in [0.2, 0.25) is 0 Å². The van der Waals surface area contributed by atoms with Gasteiger partial charge in [-0.15, -0.1) is 0 Å². The van der Waals surface area contributed by atoms with E-state index in [4.69, 9.17) is 0 Å². The van der Waals surface area contributed by atoms with Crippen molar-refractivity contribution < 1.29 is 22.7 Å². The maximum atomic E-state index is 13.9. The van der Waals surface area contributed by atoms with Crippen LogP contribution in [0.3, 0.4) is 0 Å². The number of hydrogen-bond acceptors (Lipinski definition) is 5. The van der Waals surface area contributed by atoms with Crippen LogP contribution in [0.1, 0.15) is 36.6 Å². The monoisotopic (exact) mass is 382 g/mol. The number of hydrogen-bond donors (Lipinski definition) is 2. The largest absolute Gasteiger partial charge is 0.505 e. The highest BCUT2D eigenvalue weighted by molar-refractivity contribution is 5.90. The fourth-order valence-corrected chi connectivity index (χ4v) is 2.81. The number of anilines is 1. The van der Waals surface area contributed by atoms with Gasteiger partial charge in [0, 0.05) is 18.3 Å². The van der Waals surface area contributed by atoms with E-state index in [2.05, 4.69) is 20.3 Å². The highest BCUT2D eigenvalue weighted by Crippen LogP contribution is 2.34. The minimum absolute atomic E-state index is 0.0311. The van der Waals surface area contributed by atoms with Gasteiger partial charge in [-0.05, 0) is 24.1 Å². The lowest BCUT2D eigenvalue weighted by atomic mass is 10.0. The summed E-state index contributed by atoms with van der Waals surface area (Å²) in [6, 6.07) is 1.61. The summed E-state index contributed by atoms with van der Waals surface area (Å²) in [4.78, 5) is 12.7. The Kier molecular flexibility index (Phi) is 5.29. The first-order valence-corrected chi connectivity index (χ1v) is 8.51. The van der Waals surface area contributed by atoms with Crippen molar-refractivity contribution >= 4 is 12.0 Å². The molecular weight excluding hydrogens is 364 g/mol. The van der Waals surface area contributed by atoms with Crippen molar-refractivity contribution in [2.24, 2.45) is 4.99 Å². The van der Waals surface area contributed by atoms with Crippen LogP contribution in [0.5, 0.6) is 5.75 Å². The number of phenols is 1. The van der Waals surface area contributed by atoms with Gasteiger partial charge >= 0.3 is 6.18 Å². The van der Waals surface area contributed by atoms with E-state index in [1.165, 1.54) is 0 Å². The van der Waals surface area contributed by atoms with Gasteiger partial charge in [-0.2, -0.15) is 13.2 Å². The molecule has 5 nitrogen and oxygen atoms in total. The molecule has 0 bridgehead atoms. The predicted molar refractivity (Wildman–Crippen MR) is 93.5 cm³/mol. The number of alkyl halides is 3. The standard InChI is InChI=1S/C18H18F4N4O/c1-2-3-4-24-16-12-8-23-9-14(12)25-17(26-16)11-6-13(19)15(27)5-10(11)7-18(20,21)22/h5-6,8,27H,2-4,7,9H2,1H3,(H,24,25,26). The second-order valence-corrected chi connectivity index (χ2v) is 6.26. The van der Waals surface area contributed by atoms with Crippen molar-refractivity contribution in [3.8, 4) is 17.1 Å². The number of unbranched alkanes of at least 4 members (excludes halogenated alkanes) is 1. The Hall–Kier alpha value is -2.71. The second kappa shape index (κ2) is 7.50. The van der Waals surface area contributed by atoms with Crippen LogP contribution in [0.25, 0.3) is 11.4 Å². The molecule has 3 rings (SSSR count). The van der Waals surface area contributed by atoms with Crippen molar-refractivity contribution in [3.05, 3.63) is 34.8 Å². The third-order valence-corrected chi connectivity index (χ3v) is 4.11. The predicted octanol–water partition coefficient (Wildman–Crippen LogP) is 4.24. The number of phenolic OH excluding ortho intramolecular Hbond substituents is 1. The summed E-state index contributed by atoms with van der Waals surface area (Å²) >= 11 is 0. The summed E-state index contributed by atoms with van der Waals surface area (Å²) in [6.07, 6.45) is -2.40. The van der Waals surface area contributed by atoms with E-state index >= 15 is 0 Å². The molecule has 0 radical (unpaired) electrons. The number of aliphatic imine (C=N–C) groups is 1. The van der Waals surface area contributed by atoms with Crippen molar-refractivity contribution in [1.82, 2.24) is 9.97 Å². The summed E-state index contributed by atoms with van der Waals surface area (Å²) in [5.41, 5.74) is 0.854. The molecule has 0 amide bonds. The minimum Gasteiger partial charge on any atom is -0.505 e. The Morgan fingerprint density at radius 2 is 2.00 bits per heavy atom. The molecule has 0 saturated heterocycles. The van der Waals surface area contributed by atoms with E-state index in [0.29, 0.717) is 23.6 Å². The van der Waals surface area contributed by atoms with Gasteiger partial charge in [0.05, 0.1) is 24.2 Å². The molecule has 0 saturated carbocycles. The molecule has 27 heavy (non-hydrogen) atoms. The van der Waals surface area contributed by atoms with Crippen LogP contribution in [0.15, 0.2) is 17.1 Å². The Bertz CT molecular complexity index is 881. The molecule has 1 aliphatic heterocycles. The molecule has 9 heteroatoms. The normalized spacial score (nSPS) is 13.1. The molecule has 1 aromatic heterocycles. The zero-order chi connectivity index (χ0) is 19.6. The number of rotatable bonds is 6. The lowest BCUT2D eigenvalue weighted by Crippen LogP contribution is -2.14. The number of nitrogens with zero attached hydrogens (tertiary/aromatic N) is 3. The molecule has 1 aromatic carbocycles. The van der Waals surface area contributed by atoms with E-state index < -0.39 is 24.2 Å². The molecular formula is C18H18F4N4O. The van der Waals surface area contributed by atoms with Gasteiger partial charge in [-0.25, -0.2) is 14.4 Å². The highest BCUT2D eigenvalue weighted by Gasteiger charge is 2.31. The van der Waals surface area contributed by atoms with Crippen LogP contribution in [0.2, 0.25) is 0 Å². The smallest absolute Gasteiger partial charge is 0.393 e. The summed E-state index contributed by atoms with van der Waals surface area (Å²) in [5.74, 6) is -1.45. The maximum absolute atomic E-state index is 13.9. The molecule has 0 spiro atoms. The van der Waals surface area contributed by atoms with Gasteiger partial charge in [-0.1, -0.05) is 13.3 Å². The van der Waals surface area contributed by atoms with E-state index in [1.807, 2.05) is 6.92 Å². The third-order valence-electron chi connectivity index (χ3n) is 4.11. The fraction of sp³-hybridized carbons (Fsp3) is 0.389. The zero-order valence-electron chi connectivity index (χ0n) is 14.6. The number of nitrogens with one attached hydrogen (secondary N) is 1.